The van der Waals surface area contributed by atoms with Gasteiger partial charge in [-0.05, 0) is 62.9 Å². The van der Waals surface area contributed by atoms with E-state index in [1.54, 1.807) is 12.1 Å². The molecule has 1 amide bonds. The summed E-state index contributed by atoms with van der Waals surface area (Å²) in [6.45, 7) is 4.72. The van der Waals surface area contributed by atoms with Crippen LogP contribution in [0.1, 0.15) is 37.7 Å². The van der Waals surface area contributed by atoms with Crippen molar-refractivity contribution in [3.8, 4) is 0 Å². The van der Waals surface area contributed by atoms with E-state index >= 15 is 0 Å². The van der Waals surface area contributed by atoms with E-state index in [2.05, 4.69) is 4.90 Å². The first kappa shape index (κ1) is 17.0. The van der Waals surface area contributed by atoms with Gasteiger partial charge in [-0.2, -0.15) is 0 Å². The van der Waals surface area contributed by atoms with Crippen molar-refractivity contribution in [2.45, 2.75) is 50.2 Å². The summed E-state index contributed by atoms with van der Waals surface area (Å²) in [6.07, 6.45) is 6.07. The maximum Gasteiger partial charge on any atom is 0.227 e. The highest BCUT2D eigenvalue weighted by Gasteiger charge is 2.45. The smallest absolute Gasteiger partial charge is 0.227 e. The van der Waals surface area contributed by atoms with Gasteiger partial charge in [0, 0.05) is 25.7 Å². The summed E-state index contributed by atoms with van der Waals surface area (Å²) in [4.78, 5) is 17.2. The van der Waals surface area contributed by atoms with Gasteiger partial charge in [0.05, 0.1) is 12.0 Å². The highest BCUT2D eigenvalue weighted by molar-refractivity contribution is 5.79. The molecule has 0 aromatic heterocycles. The molecule has 1 aromatic rings. The van der Waals surface area contributed by atoms with E-state index in [9.17, 15) is 9.18 Å². The van der Waals surface area contributed by atoms with E-state index in [0.717, 1.165) is 38.0 Å². The quantitative estimate of drug-likeness (QED) is 0.843. The molecule has 2 atom stereocenters. The highest BCUT2D eigenvalue weighted by atomic mass is 19.1. The summed E-state index contributed by atoms with van der Waals surface area (Å²) in [7, 11) is 0. The van der Waals surface area contributed by atoms with E-state index in [0.29, 0.717) is 19.0 Å². The number of carbonyl (C=O) groups excluding carboxylic acids is 1. The van der Waals surface area contributed by atoms with Crippen molar-refractivity contribution in [3.05, 3.63) is 35.6 Å². The molecule has 0 saturated carbocycles. The fourth-order valence-electron chi connectivity index (χ4n) is 4.65. The lowest BCUT2D eigenvalue weighted by molar-refractivity contribution is -0.133. The molecule has 136 valence electrons. The maximum atomic E-state index is 13.0. The molecule has 3 heterocycles. The van der Waals surface area contributed by atoms with Gasteiger partial charge in [-0.1, -0.05) is 12.1 Å². The summed E-state index contributed by atoms with van der Waals surface area (Å²) in [5, 5.41) is 0. The first-order valence-electron chi connectivity index (χ1n) is 9.54. The average Bonchev–Trinajstić information content (AvgIpc) is 3.28. The number of benzene rings is 1. The molecule has 1 spiro atoms. The predicted molar refractivity (Wildman–Crippen MR) is 93.8 cm³/mol. The van der Waals surface area contributed by atoms with Crippen LogP contribution in [-0.4, -0.2) is 60.1 Å². The summed E-state index contributed by atoms with van der Waals surface area (Å²) < 4.78 is 19.2. The van der Waals surface area contributed by atoms with Crippen LogP contribution in [0, 0.1) is 5.82 Å². The van der Waals surface area contributed by atoms with Crippen molar-refractivity contribution in [1.82, 2.24) is 9.80 Å². The molecule has 5 heteroatoms. The van der Waals surface area contributed by atoms with Gasteiger partial charge in [-0.3, -0.25) is 4.79 Å². The normalized spacial score (nSPS) is 30.3. The van der Waals surface area contributed by atoms with Crippen molar-refractivity contribution < 1.29 is 13.9 Å². The van der Waals surface area contributed by atoms with Gasteiger partial charge in [0.15, 0.2) is 0 Å². The fourth-order valence-corrected chi connectivity index (χ4v) is 4.65. The molecule has 1 aromatic carbocycles. The first-order valence-corrected chi connectivity index (χ1v) is 9.54. The molecule has 3 aliphatic rings. The third-order valence-electron chi connectivity index (χ3n) is 6.06. The molecule has 3 fully saturated rings. The number of halogens is 1. The van der Waals surface area contributed by atoms with Crippen LogP contribution in [0.4, 0.5) is 4.39 Å². The van der Waals surface area contributed by atoms with E-state index in [-0.39, 0.29) is 17.3 Å². The van der Waals surface area contributed by atoms with Crippen LogP contribution < -0.4 is 0 Å². The fraction of sp³-hybridized carbons (Fsp3) is 0.650. The Morgan fingerprint density at radius 1 is 1.20 bits per heavy atom. The molecule has 25 heavy (non-hydrogen) atoms. The van der Waals surface area contributed by atoms with Crippen molar-refractivity contribution in [1.29, 1.82) is 0 Å². The Hall–Kier alpha value is -1.46. The molecular formula is C20H27FN2O2. The van der Waals surface area contributed by atoms with Crippen molar-refractivity contribution in [2.24, 2.45) is 0 Å². The van der Waals surface area contributed by atoms with Gasteiger partial charge in [-0.15, -0.1) is 0 Å². The number of likely N-dealkylation sites (tertiary alicyclic amines) is 2. The van der Waals surface area contributed by atoms with Crippen LogP contribution in [0.15, 0.2) is 24.3 Å². The maximum absolute atomic E-state index is 13.0. The highest BCUT2D eigenvalue weighted by Crippen LogP contribution is 2.37. The van der Waals surface area contributed by atoms with Crippen LogP contribution in [-0.2, 0) is 16.0 Å². The second kappa shape index (κ2) is 7.04. The van der Waals surface area contributed by atoms with Crippen LogP contribution in [0.25, 0.3) is 0 Å². The molecule has 0 radical (unpaired) electrons. The molecule has 4 nitrogen and oxygen atoms in total. The lowest BCUT2D eigenvalue weighted by Gasteiger charge is -2.41. The molecule has 4 rings (SSSR count). The molecule has 0 N–H and O–H groups in total. The molecule has 0 unspecified atom stereocenters. The molecule has 0 bridgehead atoms. The largest absolute Gasteiger partial charge is 0.373 e. The number of hydrogen-bond donors (Lipinski definition) is 0. The summed E-state index contributed by atoms with van der Waals surface area (Å²) >= 11 is 0. The van der Waals surface area contributed by atoms with Crippen LogP contribution in [0.3, 0.4) is 0 Å². The first-order chi connectivity index (χ1) is 12.1. The standard InChI is InChI=1S/C20H27FN2O2/c21-17-5-3-16(4-6-17)13-19(24)23-11-8-20(15-23)14-18(7-12-25-20)22-9-1-2-10-22/h3-6,18H,1-2,7-15H2/t18-,20+/m0/s1. The zero-order valence-corrected chi connectivity index (χ0v) is 14.8. The number of ether oxygens (including phenoxy) is 1. The van der Waals surface area contributed by atoms with E-state index in [1.807, 2.05) is 4.90 Å². The summed E-state index contributed by atoms with van der Waals surface area (Å²) in [6, 6.07) is 6.83. The van der Waals surface area contributed by atoms with E-state index < -0.39 is 0 Å². The van der Waals surface area contributed by atoms with Gasteiger partial charge >= 0.3 is 0 Å². The number of amides is 1. The zero-order valence-electron chi connectivity index (χ0n) is 14.8. The van der Waals surface area contributed by atoms with Gasteiger partial charge in [0.25, 0.3) is 0 Å². The topological polar surface area (TPSA) is 32.8 Å². The van der Waals surface area contributed by atoms with Crippen molar-refractivity contribution >= 4 is 5.91 Å². The SMILES string of the molecule is O=C(Cc1ccc(F)cc1)N1CC[C@@]2(C[C@@H](N3CCCC3)CCO2)C1. The van der Waals surface area contributed by atoms with Crippen molar-refractivity contribution in [2.75, 3.05) is 32.8 Å². The Morgan fingerprint density at radius 3 is 2.72 bits per heavy atom. The van der Waals surface area contributed by atoms with Gasteiger partial charge < -0.3 is 14.5 Å². The zero-order chi connectivity index (χ0) is 17.3. The Kier molecular flexibility index (Phi) is 4.78. The monoisotopic (exact) mass is 346 g/mol. The number of rotatable bonds is 3. The summed E-state index contributed by atoms with van der Waals surface area (Å²) in [5.74, 6) is -0.143. The minimum Gasteiger partial charge on any atom is -0.373 e. The molecule has 3 aliphatic heterocycles. The molecule has 3 saturated heterocycles. The van der Waals surface area contributed by atoms with Gasteiger partial charge in [-0.25, -0.2) is 4.39 Å². The molecular weight excluding hydrogens is 319 g/mol. The van der Waals surface area contributed by atoms with Crippen LogP contribution in [0.5, 0.6) is 0 Å². The van der Waals surface area contributed by atoms with E-state index in [1.165, 1.54) is 38.1 Å². The van der Waals surface area contributed by atoms with Gasteiger partial charge in [0.2, 0.25) is 5.91 Å². The van der Waals surface area contributed by atoms with Gasteiger partial charge in [0.1, 0.15) is 5.82 Å². The molecule has 0 aliphatic carbocycles. The van der Waals surface area contributed by atoms with E-state index in [4.69, 9.17) is 4.74 Å². The van der Waals surface area contributed by atoms with Crippen LogP contribution >= 0.6 is 0 Å². The summed E-state index contributed by atoms with van der Waals surface area (Å²) in [5.41, 5.74) is 0.719. The number of carbonyl (C=O) groups is 1. The van der Waals surface area contributed by atoms with Crippen molar-refractivity contribution in [3.63, 3.8) is 0 Å². The second-order valence-electron chi connectivity index (χ2n) is 7.79. The lowest BCUT2D eigenvalue weighted by atomic mass is 9.89. The lowest BCUT2D eigenvalue weighted by Crippen LogP contribution is -2.49. The number of nitrogens with zero attached hydrogens (tertiary/aromatic N) is 2. The third-order valence-corrected chi connectivity index (χ3v) is 6.06. The Balaban J connectivity index is 1.36. The van der Waals surface area contributed by atoms with Crippen LogP contribution in [0.2, 0.25) is 0 Å². The minimum absolute atomic E-state index is 0.121. The average molecular weight is 346 g/mol. The third kappa shape index (κ3) is 3.72. The Morgan fingerprint density at radius 2 is 1.96 bits per heavy atom. The Labute approximate surface area is 148 Å². The second-order valence-corrected chi connectivity index (χ2v) is 7.79. The number of hydrogen-bond acceptors (Lipinski definition) is 3. The Bertz CT molecular complexity index is 615. The minimum atomic E-state index is -0.264. The predicted octanol–water partition coefficient (Wildman–Crippen LogP) is 2.61.